The molecule has 6 nitrogen and oxygen atoms in total. The van der Waals surface area contributed by atoms with Crippen molar-refractivity contribution in [2.75, 3.05) is 13.2 Å². The van der Waals surface area contributed by atoms with Crippen LogP contribution in [-0.4, -0.2) is 52.3 Å². The summed E-state index contributed by atoms with van der Waals surface area (Å²) in [7, 11) is 0. The number of ether oxygens (including phenoxy) is 1. The number of rotatable bonds is 7. The lowest BCUT2D eigenvalue weighted by molar-refractivity contribution is -0.159. The Morgan fingerprint density at radius 2 is 1.40 bits per heavy atom. The van der Waals surface area contributed by atoms with E-state index in [-0.39, 0.29) is 17.7 Å². The van der Waals surface area contributed by atoms with Crippen LogP contribution in [0.15, 0.2) is 60.2 Å². The van der Waals surface area contributed by atoms with Crippen LogP contribution < -0.4 is 0 Å². The molecule has 2 aromatic carbocycles. The summed E-state index contributed by atoms with van der Waals surface area (Å²) in [6.07, 6.45) is 7.98. The van der Waals surface area contributed by atoms with Crippen LogP contribution in [0.1, 0.15) is 56.3 Å². The molecular formula is C27H31F2NO5. The topological polar surface area (TPSA) is 87.1 Å². The van der Waals surface area contributed by atoms with Crippen molar-refractivity contribution in [3.05, 3.63) is 82.9 Å². The van der Waals surface area contributed by atoms with Crippen molar-refractivity contribution >= 4 is 11.9 Å². The average Bonchev–Trinajstić information content (AvgIpc) is 3.06. The molecule has 0 amide bonds. The van der Waals surface area contributed by atoms with Crippen LogP contribution in [0.5, 0.6) is 0 Å². The number of nitrogens with zero attached hydrogens (tertiary/aromatic N) is 1. The number of piperidine rings is 1. The molecule has 0 radical (unpaired) electrons. The maximum atomic E-state index is 13.4. The molecule has 2 aromatic rings. The Hall–Kier alpha value is -3.10. The molecule has 2 N–H and O–H groups in total. The maximum absolute atomic E-state index is 13.4. The molecule has 2 aliphatic heterocycles. The van der Waals surface area contributed by atoms with Crippen LogP contribution in [0.4, 0.5) is 8.78 Å². The summed E-state index contributed by atoms with van der Waals surface area (Å²) in [5.74, 6) is -4.20. The number of halogens is 2. The SMILES string of the molecule is CCCN1[C@@H]2CC[C@H]1CC(=CCOC(c1ccc(F)cc1)c1ccc(F)cc1)C2.O=C(O)C(=O)O. The van der Waals surface area contributed by atoms with Crippen LogP contribution in [0.2, 0.25) is 0 Å². The van der Waals surface area contributed by atoms with Gasteiger partial charge in [0.2, 0.25) is 0 Å². The third kappa shape index (κ3) is 7.44. The highest BCUT2D eigenvalue weighted by Gasteiger charge is 2.37. The molecule has 0 saturated carbocycles. The summed E-state index contributed by atoms with van der Waals surface area (Å²) >= 11 is 0. The summed E-state index contributed by atoms with van der Waals surface area (Å²) in [5, 5.41) is 14.8. The second-order valence-electron chi connectivity index (χ2n) is 8.82. The minimum Gasteiger partial charge on any atom is -0.473 e. The first kappa shape index (κ1) is 26.5. The fourth-order valence-electron chi connectivity index (χ4n) is 4.85. The summed E-state index contributed by atoms with van der Waals surface area (Å²) in [6.45, 7) is 3.96. The number of hydrogen-bond acceptors (Lipinski definition) is 4. The lowest BCUT2D eigenvalue weighted by Crippen LogP contribution is -2.40. The van der Waals surface area contributed by atoms with E-state index in [4.69, 9.17) is 24.5 Å². The molecule has 4 rings (SSSR count). The third-order valence-electron chi connectivity index (χ3n) is 6.41. The first-order chi connectivity index (χ1) is 16.8. The monoisotopic (exact) mass is 487 g/mol. The van der Waals surface area contributed by atoms with E-state index in [1.807, 2.05) is 0 Å². The summed E-state index contributed by atoms with van der Waals surface area (Å²) in [6, 6.07) is 14.1. The zero-order valence-electron chi connectivity index (χ0n) is 19.7. The molecule has 2 heterocycles. The van der Waals surface area contributed by atoms with E-state index in [0.29, 0.717) is 18.7 Å². The minimum atomic E-state index is -1.82. The normalized spacial score (nSPS) is 20.5. The largest absolute Gasteiger partial charge is 0.473 e. The third-order valence-corrected chi connectivity index (χ3v) is 6.41. The molecule has 0 aliphatic carbocycles. The van der Waals surface area contributed by atoms with E-state index in [1.165, 1.54) is 55.6 Å². The summed E-state index contributed by atoms with van der Waals surface area (Å²) < 4.78 is 33.0. The Morgan fingerprint density at radius 1 is 0.943 bits per heavy atom. The van der Waals surface area contributed by atoms with Gasteiger partial charge in [-0.25, -0.2) is 18.4 Å². The Kier molecular flexibility index (Phi) is 9.51. The lowest BCUT2D eigenvalue weighted by Gasteiger charge is -2.36. The number of carboxylic acids is 2. The Bertz CT molecular complexity index is 949. The smallest absolute Gasteiger partial charge is 0.414 e. The predicted octanol–water partition coefficient (Wildman–Crippen LogP) is 5.19. The van der Waals surface area contributed by atoms with E-state index in [0.717, 1.165) is 24.0 Å². The number of aliphatic carboxylic acids is 2. The fraction of sp³-hybridized carbons (Fsp3) is 0.407. The van der Waals surface area contributed by atoms with Gasteiger partial charge in [0.1, 0.15) is 17.7 Å². The predicted molar refractivity (Wildman–Crippen MR) is 127 cm³/mol. The zero-order chi connectivity index (χ0) is 25.4. The second kappa shape index (κ2) is 12.6. The van der Waals surface area contributed by atoms with Gasteiger partial charge in [-0.2, -0.15) is 0 Å². The molecule has 188 valence electrons. The van der Waals surface area contributed by atoms with Gasteiger partial charge >= 0.3 is 11.9 Å². The summed E-state index contributed by atoms with van der Waals surface area (Å²) in [4.78, 5) is 20.9. The van der Waals surface area contributed by atoms with Crippen molar-refractivity contribution in [2.24, 2.45) is 0 Å². The van der Waals surface area contributed by atoms with Crippen LogP contribution in [0.3, 0.4) is 0 Å². The lowest BCUT2D eigenvalue weighted by atomic mass is 9.96. The molecule has 2 fully saturated rings. The molecule has 0 aromatic heterocycles. The number of carboxylic acid groups (broad SMARTS) is 2. The van der Waals surface area contributed by atoms with Crippen molar-refractivity contribution in [1.82, 2.24) is 4.90 Å². The van der Waals surface area contributed by atoms with E-state index in [9.17, 15) is 8.78 Å². The molecule has 2 bridgehead atoms. The average molecular weight is 488 g/mol. The van der Waals surface area contributed by atoms with E-state index in [2.05, 4.69) is 17.9 Å². The van der Waals surface area contributed by atoms with Gasteiger partial charge in [-0.15, -0.1) is 0 Å². The van der Waals surface area contributed by atoms with Crippen molar-refractivity contribution in [3.63, 3.8) is 0 Å². The highest BCUT2D eigenvalue weighted by atomic mass is 19.1. The number of fused-ring (bicyclic) bond motifs is 2. The molecule has 35 heavy (non-hydrogen) atoms. The van der Waals surface area contributed by atoms with Gasteiger partial charge in [0.25, 0.3) is 0 Å². The Balaban J connectivity index is 0.000000509. The molecular weight excluding hydrogens is 456 g/mol. The first-order valence-corrected chi connectivity index (χ1v) is 11.8. The Labute approximate surface area is 203 Å². The van der Waals surface area contributed by atoms with Crippen molar-refractivity contribution < 1.29 is 33.3 Å². The number of benzene rings is 2. The van der Waals surface area contributed by atoms with Crippen molar-refractivity contribution in [3.8, 4) is 0 Å². The zero-order valence-corrected chi connectivity index (χ0v) is 19.7. The molecule has 8 heteroatoms. The molecule has 2 saturated heterocycles. The maximum Gasteiger partial charge on any atom is 0.414 e. The van der Waals surface area contributed by atoms with Crippen LogP contribution in [-0.2, 0) is 14.3 Å². The standard InChI is InChI=1S/C25H29F2NO.C2H2O4/c1-2-14-28-23-11-12-24(28)17-18(16-23)13-15-29-25(19-3-7-21(26)8-4-19)20-5-9-22(27)10-6-20;3-1(4)2(5)6/h3-10,13,23-25H,2,11-12,14-17H2,1H3;(H,3,4)(H,5,6)/t23-,24+;. The molecule has 0 unspecified atom stereocenters. The molecule has 0 spiro atoms. The first-order valence-electron chi connectivity index (χ1n) is 11.8. The van der Waals surface area contributed by atoms with Gasteiger partial charge in [0, 0.05) is 12.1 Å². The minimum absolute atomic E-state index is 0.275. The van der Waals surface area contributed by atoms with Gasteiger partial charge in [-0.1, -0.05) is 42.8 Å². The Morgan fingerprint density at radius 3 is 1.80 bits per heavy atom. The van der Waals surface area contributed by atoms with Crippen molar-refractivity contribution in [2.45, 2.75) is 57.2 Å². The summed E-state index contributed by atoms with van der Waals surface area (Å²) in [5.41, 5.74) is 3.23. The second-order valence-corrected chi connectivity index (χ2v) is 8.82. The molecule has 2 atom stereocenters. The van der Waals surface area contributed by atoms with Crippen LogP contribution in [0.25, 0.3) is 0 Å². The van der Waals surface area contributed by atoms with E-state index in [1.54, 1.807) is 24.3 Å². The highest BCUT2D eigenvalue weighted by Crippen LogP contribution is 2.38. The van der Waals surface area contributed by atoms with Gasteiger partial charge in [-0.05, 0) is 74.0 Å². The van der Waals surface area contributed by atoms with Crippen LogP contribution in [0, 0.1) is 11.6 Å². The van der Waals surface area contributed by atoms with Crippen molar-refractivity contribution in [1.29, 1.82) is 0 Å². The number of hydrogen-bond donors (Lipinski definition) is 2. The van der Waals surface area contributed by atoms with Gasteiger partial charge < -0.3 is 14.9 Å². The van der Waals surface area contributed by atoms with Crippen LogP contribution >= 0.6 is 0 Å². The van der Waals surface area contributed by atoms with E-state index < -0.39 is 11.9 Å². The molecule has 2 aliphatic rings. The quantitative estimate of drug-likeness (QED) is 0.413. The fourth-order valence-corrected chi connectivity index (χ4v) is 4.85. The van der Waals surface area contributed by atoms with Gasteiger partial charge in [0.05, 0.1) is 6.61 Å². The highest BCUT2D eigenvalue weighted by molar-refractivity contribution is 6.27. The number of carbonyl (C=O) groups is 2. The van der Waals surface area contributed by atoms with E-state index >= 15 is 0 Å². The van der Waals surface area contributed by atoms with Gasteiger partial charge in [-0.3, -0.25) is 4.90 Å². The van der Waals surface area contributed by atoms with Gasteiger partial charge in [0.15, 0.2) is 0 Å².